The maximum atomic E-state index is 15.8. The summed E-state index contributed by atoms with van der Waals surface area (Å²) in [6, 6.07) is 0. The summed E-state index contributed by atoms with van der Waals surface area (Å²) in [4.78, 5) is 55.5. The third-order valence-corrected chi connectivity index (χ3v) is 9.11. The Morgan fingerprint density at radius 2 is 1.60 bits per heavy atom. The van der Waals surface area contributed by atoms with E-state index in [0.717, 1.165) is 17.2 Å². The molecule has 4 aromatic rings. The van der Waals surface area contributed by atoms with Crippen LogP contribution < -0.4 is 11.3 Å². The SMILES string of the molecule is Nc1ncnc2c1ncn2[C@H]1C[C@@H]2OP(=O)(O)OC[C@H]3O[C@@H](n4cnc5c(=O)[nH]cnc54)[C@H](F)[C@@H]3OP(=O)(O)OC[C@H]2O1. The number of phosphoric ester groups is 2. The quantitative estimate of drug-likeness (QED) is 0.210. The summed E-state index contributed by atoms with van der Waals surface area (Å²) in [6.07, 6.45) is -5.69. The number of phosphoric acid groups is 2. The molecule has 4 aromatic heterocycles. The van der Waals surface area contributed by atoms with Crippen molar-refractivity contribution in [2.24, 2.45) is 0 Å². The van der Waals surface area contributed by atoms with Crippen molar-refractivity contribution in [3.05, 3.63) is 35.7 Å². The Kier molecular flexibility index (Phi) is 6.93. The van der Waals surface area contributed by atoms with Crippen LogP contribution in [-0.2, 0) is 36.7 Å². The van der Waals surface area contributed by atoms with Gasteiger partial charge in [0.05, 0.1) is 32.2 Å². The van der Waals surface area contributed by atoms with Gasteiger partial charge in [0.1, 0.15) is 42.5 Å². The molecule has 0 saturated carbocycles. The lowest BCUT2D eigenvalue weighted by molar-refractivity contribution is -0.0661. The lowest BCUT2D eigenvalue weighted by Crippen LogP contribution is -2.35. The predicted molar refractivity (Wildman–Crippen MR) is 137 cm³/mol. The van der Waals surface area contributed by atoms with Crippen LogP contribution in [0.15, 0.2) is 30.1 Å². The highest BCUT2D eigenvalue weighted by molar-refractivity contribution is 7.47. The molecule has 20 nitrogen and oxygen atoms in total. The van der Waals surface area contributed by atoms with Gasteiger partial charge in [-0.2, -0.15) is 0 Å². The van der Waals surface area contributed by atoms with Crippen molar-refractivity contribution in [3.63, 3.8) is 0 Å². The van der Waals surface area contributed by atoms with Crippen LogP contribution in [-0.4, -0.2) is 92.6 Å². The average molecular weight is 645 g/mol. The summed E-state index contributed by atoms with van der Waals surface area (Å²) in [5.74, 6) is 0.117. The summed E-state index contributed by atoms with van der Waals surface area (Å²) in [5.41, 5.74) is 5.67. The molecule has 0 bridgehead atoms. The van der Waals surface area contributed by atoms with Gasteiger partial charge in [0.15, 0.2) is 35.0 Å². The van der Waals surface area contributed by atoms with E-state index in [4.69, 9.17) is 33.3 Å². The molecule has 3 saturated heterocycles. The molecule has 43 heavy (non-hydrogen) atoms. The van der Waals surface area contributed by atoms with Crippen molar-refractivity contribution in [1.29, 1.82) is 0 Å². The summed E-state index contributed by atoms with van der Waals surface area (Å²) >= 11 is 0. The second-order valence-corrected chi connectivity index (χ2v) is 12.6. The van der Waals surface area contributed by atoms with Gasteiger partial charge in [-0.05, 0) is 0 Å². The Labute approximate surface area is 238 Å². The van der Waals surface area contributed by atoms with Crippen molar-refractivity contribution in [1.82, 2.24) is 39.0 Å². The summed E-state index contributed by atoms with van der Waals surface area (Å²) in [7, 11) is -9.87. The average Bonchev–Trinajstić information content (AvgIpc) is 3.72. The molecule has 3 aliphatic rings. The van der Waals surface area contributed by atoms with Crippen molar-refractivity contribution < 1.29 is 50.9 Å². The van der Waals surface area contributed by atoms with Crippen LogP contribution in [0.1, 0.15) is 18.9 Å². The molecule has 0 aromatic carbocycles. The zero-order chi connectivity index (χ0) is 30.1. The van der Waals surface area contributed by atoms with Crippen LogP contribution in [0.5, 0.6) is 0 Å². The summed E-state index contributed by atoms with van der Waals surface area (Å²) in [6.45, 7) is -1.48. The monoisotopic (exact) mass is 645 g/mol. The van der Waals surface area contributed by atoms with Crippen LogP contribution >= 0.6 is 15.6 Å². The first kappa shape index (κ1) is 28.5. The van der Waals surface area contributed by atoms with Gasteiger partial charge in [0, 0.05) is 6.42 Å². The standard InChI is InChI=1S/C20H22FN9O11P2/c21-12-15-10(39-20(12)30-7-28-14-18(30)25-5-26-19(14)31)3-37-42(32,33)40-8-1-11(38-9(8)2-36-43(34,35)41-15)29-6-27-13-16(22)23-4-24-17(13)29/h4-12,15,20H,1-3H2,(H,32,33)(H,34,35)(H2,22,23,24)(H,25,26,31)/t8-,9+,10+,11+,12+,15+,20+/m0/s1. The number of alkyl halides is 1. The van der Waals surface area contributed by atoms with Crippen LogP contribution in [0.3, 0.4) is 0 Å². The van der Waals surface area contributed by atoms with Crippen molar-refractivity contribution in [3.8, 4) is 0 Å². The molecule has 0 radical (unpaired) electrons. The minimum atomic E-state index is -5.01. The van der Waals surface area contributed by atoms with Crippen molar-refractivity contribution in [2.45, 2.75) is 49.5 Å². The topological polar surface area (TPSA) is 263 Å². The number of H-pyrrole nitrogens is 1. The third kappa shape index (κ3) is 5.16. The normalized spacial score (nSPS) is 37.1. The smallest absolute Gasteiger partial charge is 0.382 e. The van der Waals surface area contributed by atoms with E-state index in [1.165, 1.54) is 17.2 Å². The Hall–Kier alpha value is -3.23. The first-order valence-corrected chi connectivity index (χ1v) is 15.6. The van der Waals surface area contributed by atoms with Gasteiger partial charge >= 0.3 is 15.6 Å². The molecular weight excluding hydrogens is 623 g/mol. The zero-order valence-corrected chi connectivity index (χ0v) is 23.3. The lowest BCUT2D eigenvalue weighted by Gasteiger charge is -2.27. The Bertz CT molecular complexity index is 1850. The van der Waals surface area contributed by atoms with Gasteiger partial charge < -0.3 is 30.0 Å². The number of hydrogen-bond acceptors (Lipinski definition) is 15. The number of anilines is 1. The zero-order valence-electron chi connectivity index (χ0n) is 21.5. The fourth-order valence-corrected chi connectivity index (χ4v) is 7.08. The highest BCUT2D eigenvalue weighted by Gasteiger charge is 2.53. The number of fused-ring (bicyclic) bond motifs is 4. The predicted octanol–water partition coefficient (Wildman–Crippen LogP) is 0.0827. The van der Waals surface area contributed by atoms with E-state index in [-0.39, 0.29) is 28.9 Å². The second kappa shape index (κ2) is 10.4. The van der Waals surface area contributed by atoms with E-state index in [1.54, 1.807) is 0 Å². The fraction of sp³-hybridized carbons (Fsp3) is 0.500. The molecule has 9 atom stereocenters. The molecule has 23 heteroatoms. The van der Waals surface area contributed by atoms with E-state index in [2.05, 4.69) is 29.9 Å². The minimum Gasteiger partial charge on any atom is -0.382 e. The highest BCUT2D eigenvalue weighted by atomic mass is 31.2. The lowest BCUT2D eigenvalue weighted by atomic mass is 10.1. The van der Waals surface area contributed by atoms with Gasteiger partial charge in [-0.15, -0.1) is 0 Å². The molecular formula is C20H22FN9O11P2. The minimum absolute atomic E-state index is 0.0476. The van der Waals surface area contributed by atoms with Crippen LogP contribution in [0.25, 0.3) is 22.3 Å². The van der Waals surface area contributed by atoms with E-state index in [0.29, 0.717) is 5.65 Å². The largest absolute Gasteiger partial charge is 0.472 e. The maximum Gasteiger partial charge on any atom is 0.472 e. The molecule has 5 N–H and O–H groups in total. The van der Waals surface area contributed by atoms with E-state index in [9.17, 15) is 23.7 Å². The Morgan fingerprint density at radius 3 is 2.42 bits per heavy atom. The van der Waals surface area contributed by atoms with Gasteiger partial charge in [0.25, 0.3) is 5.56 Å². The molecule has 0 aliphatic carbocycles. The fourth-order valence-electron chi connectivity index (χ4n) is 5.16. The Morgan fingerprint density at radius 1 is 0.907 bits per heavy atom. The third-order valence-electron chi connectivity index (χ3n) is 7.11. The summed E-state index contributed by atoms with van der Waals surface area (Å²) in [5, 5.41) is 0. The molecule has 0 amide bonds. The van der Waals surface area contributed by atoms with Gasteiger partial charge in [-0.1, -0.05) is 0 Å². The highest BCUT2D eigenvalue weighted by Crippen LogP contribution is 2.54. The molecule has 0 spiro atoms. The molecule has 3 aliphatic heterocycles. The maximum absolute atomic E-state index is 15.8. The second-order valence-electron chi connectivity index (χ2n) is 9.76. The summed E-state index contributed by atoms with van der Waals surface area (Å²) < 4.78 is 76.7. The molecule has 230 valence electrons. The van der Waals surface area contributed by atoms with Crippen LogP contribution in [0.4, 0.5) is 10.2 Å². The molecule has 3 fully saturated rings. The number of nitrogens with one attached hydrogen (secondary N) is 1. The first-order valence-electron chi connectivity index (χ1n) is 12.6. The Balaban J connectivity index is 1.15. The first-order chi connectivity index (χ1) is 20.5. The number of nitrogens with zero attached hydrogens (tertiary/aromatic N) is 7. The van der Waals surface area contributed by atoms with E-state index >= 15 is 4.39 Å². The molecule has 7 heterocycles. The van der Waals surface area contributed by atoms with E-state index in [1.807, 2.05) is 0 Å². The molecule has 2 unspecified atom stereocenters. The number of imidazole rings is 2. The van der Waals surface area contributed by atoms with Gasteiger partial charge in [0.2, 0.25) is 0 Å². The molecule has 7 rings (SSSR count). The number of ether oxygens (including phenoxy) is 2. The van der Waals surface area contributed by atoms with Gasteiger partial charge in [-0.3, -0.25) is 32.0 Å². The number of aromatic nitrogens is 8. The number of aromatic amines is 1. The van der Waals surface area contributed by atoms with E-state index < -0.39 is 77.5 Å². The number of nitrogen functional groups attached to an aromatic ring is 1. The number of rotatable bonds is 2. The number of nitrogens with two attached hydrogens (primary N) is 1. The van der Waals surface area contributed by atoms with Crippen molar-refractivity contribution in [2.75, 3.05) is 18.9 Å². The number of hydrogen-bond donors (Lipinski definition) is 4. The number of halogens is 1. The van der Waals surface area contributed by atoms with Gasteiger partial charge in [-0.25, -0.2) is 38.4 Å². The van der Waals surface area contributed by atoms with Crippen LogP contribution in [0.2, 0.25) is 0 Å². The van der Waals surface area contributed by atoms with Crippen LogP contribution in [0, 0.1) is 0 Å². The van der Waals surface area contributed by atoms with Crippen molar-refractivity contribution >= 4 is 43.8 Å².